The summed E-state index contributed by atoms with van der Waals surface area (Å²) in [5.74, 6) is 0.719. The van der Waals surface area contributed by atoms with Gasteiger partial charge in [-0.05, 0) is 79.0 Å². The molecule has 1 aromatic heterocycles. The van der Waals surface area contributed by atoms with Crippen molar-refractivity contribution in [1.29, 1.82) is 0 Å². The van der Waals surface area contributed by atoms with Gasteiger partial charge in [0.1, 0.15) is 24.3 Å². The van der Waals surface area contributed by atoms with Crippen LogP contribution in [0.3, 0.4) is 0 Å². The molecule has 1 fully saturated rings. The van der Waals surface area contributed by atoms with Crippen LogP contribution in [-0.4, -0.2) is 46.1 Å². The molecule has 2 aliphatic rings. The number of anilines is 1. The summed E-state index contributed by atoms with van der Waals surface area (Å²) < 4.78 is 54.3. The van der Waals surface area contributed by atoms with E-state index in [0.29, 0.717) is 18.2 Å². The Kier molecular flexibility index (Phi) is 6.80. The zero-order valence-electron chi connectivity index (χ0n) is 20.7. The summed E-state index contributed by atoms with van der Waals surface area (Å²) in [7, 11) is 0. The van der Waals surface area contributed by atoms with Gasteiger partial charge in [0.2, 0.25) is 0 Å². The standard InChI is InChI=1S/C26H27F3N4O5/c1-25(16-32-15-23(33(34)35)30-24(32)38-25)17-36-21-8-4-20(5-9-21)31-12-10-19(11-13-31)14-18-2-6-22(7-3-18)37-26(27,28)29/h2-9,15,19H,10-14,16-17H2,1H3. The van der Waals surface area contributed by atoms with Gasteiger partial charge in [-0.15, -0.1) is 13.2 Å². The van der Waals surface area contributed by atoms with Gasteiger partial charge in [0.05, 0.1) is 6.54 Å². The molecule has 12 heteroatoms. The summed E-state index contributed by atoms with van der Waals surface area (Å²) in [5.41, 5.74) is 1.42. The van der Waals surface area contributed by atoms with Crippen LogP contribution in [0, 0.1) is 16.0 Å². The Morgan fingerprint density at radius 3 is 2.37 bits per heavy atom. The molecule has 0 N–H and O–H groups in total. The monoisotopic (exact) mass is 532 g/mol. The summed E-state index contributed by atoms with van der Waals surface area (Å²) in [5, 5.41) is 10.9. The fourth-order valence-electron chi connectivity index (χ4n) is 4.90. The molecule has 1 atom stereocenters. The summed E-state index contributed by atoms with van der Waals surface area (Å²) in [6.07, 6.45) is -0.522. The van der Waals surface area contributed by atoms with Crippen LogP contribution < -0.4 is 19.1 Å². The van der Waals surface area contributed by atoms with Gasteiger partial charge in [-0.1, -0.05) is 12.1 Å². The zero-order chi connectivity index (χ0) is 26.9. The van der Waals surface area contributed by atoms with Gasteiger partial charge in [-0.25, -0.2) is 0 Å². The predicted molar refractivity (Wildman–Crippen MR) is 132 cm³/mol. The number of benzene rings is 2. The molecule has 3 aromatic rings. The molecule has 38 heavy (non-hydrogen) atoms. The minimum Gasteiger partial charge on any atom is -0.489 e. The van der Waals surface area contributed by atoms with Crippen molar-refractivity contribution in [3.8, 4) is 17.5 Å². The minimum atomic E-state index is -4.68. The second-order valence-corrected chi connectivity index (χ2v) is 9.93. The summed E-state index contributed by atoms with van der Waals surface area (Å²) >= 11 is 0. The number of halogens is 3. The molecule has 0 bridgehead atoms. The third kappa shape index (κ3) is 6.12. The molecule has 202 valence electrons. The van der Waals surface area contributed by atoms with E-state index in [0.717, 1.165) is 43.6 Å². The fourth-order valence-corrected chi connectivity index (χ4v) is 4.90. The number of fused-ring (bicyclic) bond motifs is 1. The highest BCUT2D eigenvalue weighted by molar-refractivity contribution is 5.49. The molecule has 5 rings (SSSR count). The highest BCUT2D eigenvalue weighted by atomic mass is 19.4. The van der Waals surface area contributed by atoms with E-state index in [-0.39, 0.29) is 24.2 Å². The lowest BCUT2D eigenvalue weighted by atomic mass is 9.90. The second-order valence-electron chi connectivity index (χ2n) is 9.93. The predicted octanol–water partition coefficient (Wildman–Crippen LogP) is 5.38. The topological polar surface area (TPSA) is 91.9 Å². The lowest BCUT2D eigenvalue weighted by molar-refractivity contribution is -0.389. The number of ether oxygens (including phenoxy) is 3. The van der Waals surface area contributed by atoms with Crippen LogP contribution in [0.1, 0.15) is 25.3 Å². The van der Waals surface area contributed by atoms with Crippen molar-refractivity contribution in [1.82, 2.24) is 9.55 Å². The Labute approximate surface area is 216 Å². The van der Waals surface area contributed by atoms with Gasteiger partial charge in [0, 0.05) is 23.8 Å². The van der Waals surface area contributed by atoms with E-state index in [4.69, 9.17) is 9.47 Å². The Morgan fingerprint density at radius 2 is 1.76 bits per heavy atom. The van der Waals surface area contributed by atoms with E-state index in [9.17, 15) is 23.3 Å². The van der Waals surface area contributed by atoms with E-state index >= 15 is 0 Å². The summed E-state index contributed by atoms with van der Waals surface area (Å²) in [4.78, 5) is 16.5. The molecule has 3 heterocycles. The first-order valence-corrected chi connectivity index (χ1v) is 12.3. The number of nitro groups is 1. The maximum atomic E-state index is 12.3. The largest absolute Gasteiger partial charge is 0.573 e. The molecule has 0 saturated carbocycles. The Hall–Kier alpha value is -3.96. The molecule has 0 spiro atoms. The Balaban J connectivity index is 1.07. The van der Waals surface area contributed by atoms with Crippen molar-refractivity contribution in [2.75, 3.05) is 24.6 Å². The molecule has 1 saturated heterocycles. The number of hydrogen-bond donors (Lipinski definition) is 0. The molecule has 0 aliphatic carbocycles. The van der Waals surface area contributed by atoms with Crippen molar-refractivity contribution < 1.29 is 32.3 Å². The maximum absolute atomic E-state index is 12.3. The number of piperidine rings is 1. The van der Waals surface area contributed by atoms with Crippen LogP contribution in [0.25, 0.3) is 0 Å². The normalized spacial score (nSPS) is 19.6. The second kappa shape index (κ2) is 10.1. The first kappa shape index (κ1) is 25.7. The van der Waals surface area contributed by atoms with Crippen LogP contribution in [0.2, 0.25) is 0 Å². The van der Waals surface area contributed by atoms with E-state index in [1.54, 1.807) is 16.7 Å². The molecule has 0 amide bonds. The molecular weight excluding hydrogens is 505 g/mol. The van der Waals surface area contributed by atoms with Crippen molar-refractivity contribution in [2.24, 2.45) is 5.92 Å². The molecule has 2 aliphatic heterocycles. The van der Waals surface area contributed by atoms with Crippen molar-refractivity contribution in [3.63, 3.8) is 0 Å². The van der Waals surface area contributed by atoms with Gasteiger partial charge < -0.3 is 29.2 Å². The molecule has 9 nitrogen and oxygen atoms in total. The van der Waals surface area contributed by atoms with Crippen molar-refractivity contribution in [2.45, 2.75) is 44.7 Å². The molecular formula is C26H27F3N4O5. The van der Waals surface area contributed by atoms with Gasteiger partial charge in [0.25, 0.3) is 0 Å². The highest BCUT2D eigenvalue weighted by Crippen LogP contribution is 2.32. The van der Waals surface area contributed by atoms with Crippen LogP contribution in [0.5, 0.6) is 17.5 Å². The summed E-state index contributed by atoms with van der Waals surface area (Å²) in [6.45, 7) is 4.32. The quantitative estimate of drug-likeness (QED) is 0.284. The average molecular weight is 533 g/mol. The number of aromatic nitrogens is 2. The Bertz CT molecular complexity index is 1250. The van der Waals surface area contributed by atoms with Crippen molar-refractivity contribution >= 4 is 11.5 Å². The van der Waals surface area contributed by atoms with Crippen molar-refractivity contribution in [3.05, 3.63) is 70.4 Å². The number of hydrogen-bond acceptors (Lipinski definition) is 7. The SMILES string of the molecule is CC1(COc2ccc(N3CCC(Cc4ccc(OC(F)(F)F)cc4)CC3)cc2)Cn2cc([N+](=O)[O-])nc2O1. The van der Waals surface area contributed by atoms with Gasteiger partial charge >= 0.3 is 18.2 Å². The lowest BCUT2D eigenvalue weighted by Gasteiger charge is -2.34. The maximum Gasteiger partial charge on any atom is 0.573 e. The Morgan fingerprint density at radius 1 is 1.11 bits per heavy atom. The van der Waals surface area contributed by atoms with Gasteiger partial charge in [-0.2, -0.15) is 0 Å². The fraction of sp³-hybridized carbons (Fsp3) is 0.423. The van der Waals surface area contributed by atoms with E-state index in [1.807, 2.05) is 31.2 Å². The lowest BCUT2D eigenvalue weighted by Crippen LogP contribution is -2.38. The third-order valence-electron chi connectivity index (χ3n) is 6.80. The third-order valence-corrected chi connectivity index (χ3v) is 6.80. The van der Waals surface area contributed by atoms with Crippen LogP contribution >= 0.6 is 0 Å². The van der Waals surface area contributed by atoms with Crippen LogP contribution in [0.15, 0.2) is 54.7 Å². The van der Waals surface area contributed by atoms with E-state index < -0.39 is 16.9 Å². The molecule has 0 radical (unpaired) electrons. The molecule has 1 unspecified atom stereocenters. The van der Waals surface area contributed by atoms with E-state index in [1.165, 1.54) is 18.3 Å². The first-order chi connectivity index (χ1) is 18.1. The highest BCUT2D eigenvalue weighted by Gasteiger charge is 2.41. The average Bonchev–Trinajstić information content (AvgIpc) is 3.40. The first-order valence-electron chi connectivity index (χ1n) is 12.3. The molecule has 2 aromatic carbocycles. The van der Waals surface area contributed by atoms with Crippen LogP contribution in [0.4, 0.5) is 24.7 Å². The zero-order valence-corrected chi connectivity index (χ0v) is 20.7. The van der Waals surface area contributed by atoms with Gasteiger partial charge in [0.15, 0.2) is 5.60 Å². The summed E-state index contributed by atoms with van der Waals surface area (Å²) in [6, 6.07) is 14.2. The van der Waals surface area contributed by atoms with Gasteiger partial charge in [-0.3, -0.25) is 4.57 Å². The van der Waals surface area contributed by atoms with E-state index in [2.05, 4.69) is 14.6 Å². The number of nitrogens with zero attached hydrogens (tertiary/aromatic N) is 4. The van der Waals surface area contributed by atoms with Crippen LogP contribution in [-0.2, 0) is 13.0 Å². The minimum absolute atomic E-state index is 0.202. The number of imidazole rings is 1. The smallest absolute Gasteiger partial charge is 0.489 e. The number of rotatable bonds is 8. The number of alkyl halides is 3.